The molecule has 2 bridgehead atoms. The molecule has 1 saturated heterocycles. The van der Waals surface area contributed by atoms with E-state index in [1.807, 2.05) is 55.5 Å². The third-order valence-corrected chi connectivity index (χ3v) is 8.37. The molecule has 0 spiro atoms. The predicted octanol–water partition coefficient (Wildman–Crippen LogP) is 4.76. The molecule has 0 unspecified atom stereocenters. The minimum atomic E-state index is -1.12. The van der Waals surface area contributed by atoms with E-state index in [1.165, 1.54) is 24.3 Å². The third-order valence-electron chi connectivity index (χ3n) is 8.37. The summed E-state index contributed by atoms with van der Waals surface area (Å²) in [5.74, 6) is -4.28. The summed E-state index contributed by atoms with van der Waals surface area (Å²) < 4.78 is 18.5. The standard InChI is InChI=1S/C32H29FN2O5/c1-2-3-12-24(32(39)40-17-25(36)34-19-15-13-18(33)14-16-19)35-30(37)28-26-20-8-4-5-9-21(20)27(29(28)31(35)38)23-11-7-6-10-22(23)26/h4-11,13-16,24,26-29H,2-3,12,17H2,1H3,(H,34,36)/t24-,26?,27?,28+,29+/m1/s1. The first-order chi connectivity index (χ1) is 19.4. The lowest BCUT2D eigenvalue weighted by atomic mass is 9.55. The first-order valence-electron chi connectivity index (χ1n) is 13.7. The van der Waals surface area contributed by atoms with Crippen molar-refractivity contribution < 1.29 is 28.3 Å². The molecule has 4 aliphatic rings. The number of carbonyl (C=O) groups is 4. The first kappa shape index (κ1) is 25.9. The van der Waals surface area contributed by atoms with Gasteiger partial charge in [0.05, 0.1) is 11.8 Å². The second-order valence-corrected chi connectivity index (χ2v) is 10.6. The fraction of sp³-hybridized carbons (Fsp3) is 0.312. The lowest BCUT2D eigenvalue weighted by Crippen LogP contribution is -2.47. The van der Waals surface area contributed by atoms with E-state index in [9.17, 15) is 23.6 Å². The number of likely N-dealkylation sites (tertiary alicyclic amines) is 1. The van der Waals surface area contributed by atoms with Crippen molar-refractivity contribution in [3.8, 4) is 0 Å². The maximum absolute atomic E-state index is 14.1. The van der Waals surface area contributed by atoms with Gasteiger partial charge in [0.25, 0.3) is 5.91 Å². The van der Waals surface area contributed by atoms with Gasteiger partial charge >= 0.3 is 5.97 Å². The summed E-state index contributed by atoms with van der Waals surface area (Å²) in [7, 11) is 0. The van der Waals surface area contributed by atoms with Crippen molar-refractivity contribution in [1.29, 1.82) is 0 Å². The number of nitrogens with one attached hydrogen (secondary N) is 1. The molecule has 3 atom stereocenters. The van der Waals surface area contributed by atoms with Gasteiger partial charge in [-0.1, -0.05) is 68.3 Å². The van der Waals surface area contributed by atoms with Crippen LogP contribution in [-0.4, -0.2) is 41.2 Å². The molecule has 3 aromatic carbocycles. The number of halogens is 1. The molecule has 7 nitrogen and oxygen atoms in total. The number of anilines is 1. The van der Waals surface area contributed by atoms with E-state index in [-0.39, 0.29) is 30.1 Å². The second-order valence-electron chi connectivity index (χ2n) is 10.6. The molecule has 204 valence electrons. The molecule has 0 aromatic heterocycles. The summed E-state index contributed by atoms with van der Waals surface area (Å²) in [6.07, 6.45) is 1.60. The van der Waals surface area contributed by atoms with Gasteiger partial charge in [-0.15, -0.1) is 0 Å². The Labute approximate surface area is 231 Å². The molecule has 7 rings (SSSR count). The average molecular weight is 541 g/mol. The smallest absolute Gasteiger partial charge is 0.329 e. The van der Waals surface area contributed by atoms with Crippen LogP contribution in [0, 0.1) is 17.7 Å². The molecule has 3 amide bonds. The maximum atomic E-state index is 14.1. The lowest BCUT2D eigenvalue weighted by Gasteiger charge is -2.45. The van der Waals surface area contributed by atoms with Gasteiger partial charge in [0.1, 0.15) is 11.9 Å². The zero-order valence-electron chi connectivity index (χ0n) is 22.0. The highest BCUT2D eigenvalue weighted by Gasteiger charge is 2.63. The Morgan fingerprint density at radius 1 is 0.850 bits per heavy atom. The van der Waals surface area contributed by atoms with Crippen LogP contribution < -0.4 is 5.32 Å². The van der Waals surface area contributed by atoms with Gasteiger partial charge in [0.2, 0.25) is 11.8 Å². The Balaban J connectivity index is 1.26. The first-order valence-corrected chi connectivity index (χ1v) is 13.7. The van der Waals surface area contributed by atoms with Gasteiger partial charge in [-0.25, -0.2) is 9.18 Å². The molecule has 1 fully saturated rings. The summed E-state index contributed by atoms with van der Waals surface area (Å²) in [5.41, 5.74) is 4.58. The Hall–Kier alpha value is -4.33. The molecule has 40 heavy (non-hydrogen) atoms. The quantitative estimate of drug-likeness (QED) is 0.329. The normalized spacial score (nSPS) is 22.8. The number of rotatable bonds is 8. The van der Waals surface area contributed by atoms with Crippen molar-refractivity contribution in [2.24, 2.45) is 11.8 Å². The second kappa shape index (κ2) is 10.3. The number of unbranched alkanes of at least 4 members (excludes halogenated alkanes) is 1. The van der Waals surface area contributed by atoms with Crippen LogP contribution in [0.2, 0.25) is 0 Å². The van der Waals surface area contributed by atoms with Crippen molar-refractivity contribution in [3.05, 3.63) is 101 Å². The van der Waals surface area contributed by atoms with Gasteiger partial charge < -0.3 is 10.1 Å². The van der Waals surface area contributed by atoms with Gasteiger partial charge in [0, 0.05) is 17.5 Å². The lowest BCUT2D eigenvalue weighted by molar-refractivity contribution is -0.160. The van der Waals surface area contributed by atoms with Crippen LogP contribution in [0.1, 0.15) is 60.3 Å². The highest BCUT2D eigenvalue weighted by atomic mass is 19.1. The number of imide groups is 1. The van der Waals surface area contributed by atoms with E-state index in [0.29, 0.717) is 12.1 Å². The fourth-order valence-electron chi connectivity index (χ4n) is 6.72. The molecule has 0 radical (unpaired) electrons. The van der Waals surface area contributed by atoms with Crippen molar-refractivity contribution in [2.45, 2.75) is 44.1 Å². The number of hydrogen-bond donors (Lipinski definition) is 1. The number of benzene rings is 3. The molecule has 1 aliphatic heterocycles. The zero-order valence-corrected chi connectivity index (χ0v) is 22.0. The Kier molecular flexibility index (Phi) is 6.70. The van der Waals surface area contributed by atoms with E-state index < -0.39 is 42.2 Å². The Morgan fingerprint density at radius 2 is 1.35 bits per heavy atom. The molecule has 3 aromatic rings. The third kappa shape index (κ3) is 4.18. The molecular weight excluding hydrogens is 511 g/mol. The van der Waals surface area contributed by atoms with Gasteiger partial charge in [-0.05, 0) is 52.9 Å². The average Bonchev–Trinajstić information content (AvgIpc) is 3.23. The van der Waals surface area contributed by atoms with E-state index in [2.05, 4.69) is 5.32 Å². The number of amides is 3. The van der Waals surface area contributed by atoms with Crippen molar-refractivity contribution >= 4 is 29.4 Å². The van der Waals surface area contributed by atoms with Crippen LogP contribution in [0.4, 0.5) is 10.1 Å². The monoisotopic (exact) mass is 540 g/mol. The summed E-state index contributed by atoms with van der Waals surface area (Å²) in [5, 5.41) is 2.54. The van der Waals surface area contributed by atoms with E-state index in [0.717, 1.165) is 33.6 Å². The number of hydrogen-bond acceptors (Lipinski definition) is 5. The van der Waals surface area contributed by atoms with Crippen molar-refractivity contribution in [2.75, 3.05) is 11.9 Å². The number of esters is 1. The molecule has 1 heterocycles. The van der Waals surface area contributed by atoms with Crippen molar-refractivity contribution in [1.82, 2.24) is 4.90 Å². The minimum absolute atomic E-state index is 0.251. The molecule has 8 heteroatoms. The van der Waals surface area contributed by atoms with E-state index in [1.54, 1.807) is 0 Å². The van der Waals surface area contributed by atoms with Crippen LogP contribution in [0.25, 0.3) is 0 Å². The highest BCUT2D eigenvalue weighted by Crippen LogP contribution is 2.61. The SMILES string of the molecule is CCCC[C@H](C(=O)OCC(=O)Nc1ccc(F)cc1)N1C(=O)[C@H]2C3c4ccccc4C(c4ccccc43)[C@@H]2C1=O. The molecule has 1 N–H and O–H groups in total. The zero-order chi connectivity index (χ0) is 28.0. The van der Waals surface area contributed by atoms with Gasteiger partial charge in [-0.2, -0.15) is 0 Å². The van der Waals surface area contributed by atoms with Gasteiger partial charge in [-0.3, -0.25) is 19.3 Å². The summed E-state index contributed by atoms with van der Waals surface area (Å²) in [6.45, 7) is 1.36. The number of nitrogens with zero attached hydrogens (tertiary/aromatic N) is 1. The van der Waals surface area contributed by atoms with Crippen LogP contribution >= 0.6 is 0 Å². The Bertz CT molecular complexity index is 1390. The maximum Gasteiger partial charge on any atom is 0.329 e. The molecule has 0 saturated carbocycles. The number of ether oxygens (including phenoxy) is 1. The van der Waals surface area contributed by atoms with E-state index >= 15 is 0 Å². The van der Waals surface area contributed by atoms with Crippen LogP contribution in [0.3, 0.4) is 0 Å². The minimum Gasteiger partial charge on any atom is -0.454 e. The van der Waals surface area contributed by atoms with Crippen LogP contribution in [0.15, 0.2) is 72.8 Å². The number of carbonyl (C=O) groups excluding carboxylic acids is 4. The summed E-state index contributed by atoms with van der Waals surface area (Å²) >= 11 is 0. The van der Waals surface area contributed by atoms with Crippen molar-refractivity contribution in [3.63, 3.8) is 0 Å². The summed E-state index contributed by atoms with van der Waals surface area (Å²) in [6, 6.07) is 20.0. The van der Waals surface area contributed by atoms with Gasteiger partial charge in [0.15, 0.2) is 6.61 Å². The summed E-state index contributed by atoms with van der Waals surface area (Å²) in [4.78, 5) is 55.0. The Morgan fingerprint density at radius 3 is 1.82 bits per heavy atom. The predicted molar refractivity (Wildman–Crippen MR) is 145 cm³/mol. The topological polar surface area (TPSA) is 92.8 Å². The van der Waals surface area contributed by atoms with Crippen LogP contribution in [-0.2, 0) is 23.9 Å². The fourth-order valence-corrected chi connectivity index (χ4v) is 6.72. The molecular formula is C32H29FN2O5. The highest BCUT2D eigenvalue weighted by molar-refractivity contribution is 6.10. The van der Waals surface area contributed by atoms with Crippen LogP contribution in [0.5, 0.6) is 0 Å². The van der Waals surface area contributed by atoms with E-state index in [4.69, 9.17) is 4.74 Å². The molecule has 3 aliphatic carbocycles. The largest absolute Gasteiger partial charge is 0.454 e.